The summed E-state index contributed by atoms with van der Waals surface area (Å²) in [6.45, 7) is 7.87. The molecule has 1 fully saturated rings. The lowest BCUT2D eigenvalue weighted by Gasteiger charge is -2.22. The highest BCUT2D eigenvalue weighted by atomic mass is 16.5. The van der Waals surface area contributed by atoms with Gasteiger partial charge in [0, 0.05) is 6.61 Å². The Hall–Kier alpha value is -0.0800. The number of hydrogen-bond donors (Lipinski definition) is 1. The Bertz CT molecular complexity index is 143. The van der Waals surface area contributed by atoms with Crippen LogP contribution in [-0.2, 0) is 4.74 Å². The van der Waals surface area contributed by atoms with E-state index in [1.54, 1.807) is 0 Å². The second-order valence-corrected chi connectivity index (χ2v) is 4.85. The molecule has 0 radical (unpaired) electrons. The molecule has 1 rings (SSSR count). The molecule has 2 nitrogen and oxygen atoms in total. The van der Waals surface area contributed by atoms with Crippen LogP contribution in [0.4, 0.5) is 0 Å². The first kappa shape index (κ1) is 13.0. The average Bonchev–Trinajstić information content (AvgIpc) is 2.29. The van der Waals surface area contributed by atoms with E-state index in [2.05, 4.69) is 19.2 Å². The van der Waals surface area contributed by atoms with Crippen LogP contribution in [0.15, 0.2) is 0 Å². The van der Waals surface area contributed by atoms with Crippen molar-refractivity contribution in [2.75, 3.05) is 19.7 Å². The van der Waals surface area contributed by atoms with Gasteiger partial charge in [0.1, 0.15) is 0 Å². The standard InChI is InChI=1S/C13H27NO/c1-3-12(2)11-14-9-6-8-13-7-4-5-10-15-13/h12-14H,3-11H2,1-2H3. The normalized spacial score (nSPS) is 24.0. The van der Waals surface area contributed by atoms with Crippen molar-refractivity contribution in [3.63, 3.8) is 0 Å². The molecule has 1 heterocycles. The minimum Gasteiger partial charge on any atom is -0.378 e. The minimum atomic E-state index is 0.559. The zero-order valence-electron chi connectivity index (χ0n) is 10.4. The van der Waals surface area contributed by atoms with Gasteiger partial charge in [-0.15, -0.1) is 0 Å². The second kappa shape index (κ2) is 8.12. The molecule has 0 aromatic rings. The predicted molar refractivity (Wildman–Crippen MR) is 65.1 cm³/mol. The summed E-state index contributed by atoms with van der Waals surface area (Å²) in [6, 6.07) is 0. The summed E-state index contributed by atoms with van der Waals surface area (Å²) in [5, 5.41) is 3.52. The molecule has 2 unspecified atom stereocenters. The quantitative estimate of drug-likeness (QED) is 0.656. The van der Waals surface area contributed by atoms with Gasteiger partial charge in [-0.2, -0.15) is 0 Å². The Morgan fingerprint density at radius 1 is 1.40 bits per heavy atom. The fourth-order valence-electron chi connectivity index (χ4n) is 1.98. The zero-order chi connectivity index (χ0) is 10.9. The van der Waals surface area contributed by atoms with Crippen LogP contribution in [0.1, 0.15) is 52.4 Å². The molecule has 1 saturated heterocycles. The summed E-state index contributed by atoms with van der Waals surface area (Å²) in [4.78, 5) is 0. The average molecular weight is 213 g/mol. The molecule has 1 N–H and O–H groups in total. The van der Waals surface area contributed by atoms with E-state index in [-0.39, 0.29) is 0 Å². The number of nitrogens with one attached hydrogen (secondary N) is 1. The van der Waals surface area contributed by atoms with E-state index < -0.39 is 0 Å². The van der Waals surface area contributed by atoms with Gasteiger partial charge < -0.3 is 10.1 Å². The number of ether oxygens (including phenoxy) is 1. The predicted octanol–water partition coefficient (Wildman–Crippen LogP) is 2.97. The van der Waals surface area contributed by atoms with Crippen molar-refractivity contribution < 1.29 is 4.74 Å². The van der Waals surface area contributed by atoms with E-state index in [4.69, 9.17) is 4.74 Å². The van der Waals surface area contributed by atoms with Gasteiger partial charge >= 0.3 is 0 Å². The minimum absolute atomic E-state index is 0.559. The molecule has 1 aliphatic rings. The van der Waals surface area contributed by atoms with Gasteiger partial charge in [0.25, 0.3) is 0 Å². The van der Waals surface area contributed by atoms with Crippen LogP contribution in [0.2, 0.25) is 0 Å². The molecule has 1 aliphatic heterocycles. The lowest BCUT2D eigenvalue weighted by Crippen LogP contribution is -2.24. The van der Waals surface area contributed by atoms with Crippen LogP contribution < -0.4 is 5.32 Å². The van der Waals surface area contributed by atoms with Crippen LogP contribution >= 0.6 is 0 Å². The molecule has 2 heteroatoms. The van der Waals surface area contributed by atoms with E-state index in [9.17, 15) is 0 Å². The summed E-state index contributed by atoms with van der Waals surface area (Å²) in [6.07, 6.45) is 8.26. The molecule has 0 spiro atoms. The molecule has 0 aromatic heterocycles. The second-order valence-electron chi connectivity index (χ2n) is 4.85. The third-order valence-corrected chi connectivity index (χ3v) is 3.34. The van der Waals surface area contributed by atoms with Crippen molar-refractivity contribution in [3.05, 3.63) is 0 Å². The fraction of sp³-hybridized carbons (Fsp3) is 1.00. The summed E-state index contributed by atoms with van der Waals surface area (Å²) in [7, 11) is 0. The van der Waals surface area contributed by atoms with E-state index >= 15 is 0 Å². The summed E-state index contributed by atoms with van der Waals surface area (Å²) < 4.78 is 5.70. The number of rotatable bonds is 7. The van der Waals surface area contributed by atoms with E-state index in [1.165, 1.54) is 45.1 Å². The number of hydrogen-bond acceptors (Lipinski definition) is 2. The first-order valence-corrected chi connectivity index (χ1v) is 6.65. The lowest BCUT2D eigenvalue weighted by atomic mass is 10.0. The third-order valence-electron chi connectivity index (χ3n) is 3.34. The summed E-state index contributed by atoms with van der Waals surface area (Å²) >= 11 is 0. The molecular weight excluding hydrogens is 186 g/mol. The maximum Gasteiger partial charge on any atom is 0.0575 e. The molecular formula is C13H27NO. The smallest absolute Gasteiger partial charge is 0.0575 e. The van der Waals surface area contributed by atoms with Crippen molar-refractivity contribution in [1.82, 2.24) is 5.32 Å². The van der Waals surface area contributed by atoms with E-state index in [1.807, 2.05) is 0 Å². The zero-order valence-corrected chi connectivity index (χ0v) is 10.4. The van der Waals surface area contributed by atoms with E-state index in [0.29, 0.717) is 6.10 Å². The Labute approximate surface area is 94.8 Å². The monoisotopic (exact) mass is 213 g/mol. The van der Waals surface area contributed by atoms with Crippen molar-refractivity contribution in [1.29, 1.82) is 0 Å². The molecule has 0 amide bonds. The van der Waals surface area contributed by atoms with Crippen LogP contribution in [0.25, 0.3) is 0 Å². The van der Waals surface area contributed by atoms with Gasteiger partial charge in [0.05, 0.1) is 6.10 Å². The molecule has 0 aromatic carbocycles. The van der Waals surface area contributed by atoms with Crippen molar-refractivity contribution >= 4 is 0 Å². The Morgan fingerprint density at radius 3 is 2.93 bits per heavy atom. The maximum absolute atomic E-state index is 5.70. The van der Waals surface area contributed by atoms with Crippen LogP contribution in [0.3, 0.4) is 0 Å². The van der Waals surface area contributed by atoms with Crippen LogP contribution in [0, 0.1) is 5.92 Å². The molecule has 0 bridgehead atoms. The largest absolute Gasteiger partial charge is 0.378 e. The lowest BCUT2D eigenvalue weighted by molar-refractivity contribution is 0.0102. The van der Waals surface area contributed by atoms with Gasteiger partial charge in [-0.1, -0.05) is 20.3 Å². The highest BCUT2D eigenvalue weighted by molar-refractivity contribution is 4.64. The van der Waals surface area contributed by atoms with Crippen LogP contribution in [0.5, 0.6) is 0 Å². The van der Waals surface area contributed by atoms with Gasteiger partial charge in [0.15, 0.2) is 0 Å². The first-order valence-electron chi connectivity index (χ1n) is 6.65. The van der Waals surface area contributed by atoms with Crippen molar-refractivity contribution in [2.24, 2.45) is 5.92 Å². The first-order chi connectivity index (χ1) is 7.33. The van der Waals surface area contributed by atoms with Crippen molar-refractivity contribution in [2.45, 2.75) is 58.5 Å². The molecule has 15 heavy (non-hydrogen) atoms. The van der Waals surface area contributed by atoms with Crippen LogP contribution in [-0.4, -0.2) is 25.8 Å². The molecule has 2 atom stereocenters. The topological polar surface area (TPSA) is 21.3 Å². The Balaban J connectivity index is 1.87. The van der Waals surface area contributed by atoms with Gasteiger partial charge in [-0.25, -0.2) is 0 Å². The summed E-state index contributed by atoms with van der Waals surface area (Å²) in [5.74, 6) is 0.816. The molecule has 0 aliphatic carbocycles. The fourth-order valence-corrected chi connectivity index (χ4v) is 1.98. The Kier molecular flexibility index (Phi) is 7.03. The van der Waals surface area contributed by atoms with Gasteiger partial charge in [-0.05, 0) is 51.1 Å². The third kappa shape index (κ3) is 6.16. The molecule has 0 saturated carbocycles. The SMILES string of the molecule is CCC(C)CNCCCC1CCCCO1. The van der Waals surface area contributed by atoms with Gasteiger partial charge in [0.2, 0.25) is 0 Å². The van der Waals surface area contributed by atoms with Crippen molar-refractivity contribution in [3.8, 4) is 0 Å². The molecule has 90 valence electrons. The Morgan fingerprint density at radius 2 is 2.27 bits per heavy atom. The highest BCUT2D eigenvalue weighted by Gasteiger charge is 2.12. The maximum atomic E-state index is 5.70. The van der Waals surface area contributed by atoms with Gasteiger partial charge in [-0.3, -0.25) is 0 Å². The highest BCUT2D eigenvalue weighted by Crippen LogP contribution is 2.16. The summed E-state index contributed by atoms with van der Waals surface area (Å²) in [5.41, 5.74) is 0. The van der Waals surface area contributed by atoms with E-state index in [0.717, 1.165) is 19.1 Å².